The zero-order valence-corrected chi connectivity index (χ0v) is 5.78. The van der Waals surface area contributed by atoms with E-state index in [9.17, 15) is 0 Å². The Morgan fingerprint density at radius 2 is 1.56 bits per heavy atom. The van der Waals surface area contributed by atoms with Crippen LogP contribution in [0.3, 0.4) is 0 Å². The van der Waals surface area contributed by atoms with Crippen LogP contribution >= 0.6 is 8.25 Å². The second-order valence-electron chi connectivity index (χ2n) is 0.752. The first-order valence-corrected chi connectivity index (χ1v) is 3.24. The van der Waals surface area contributed by atoms with Crippen molar-refractivity contribution >= 4 is 8.25 Å². The molecule has 0 aliphatic carbocycles. The minimum Gasteiger partial charge on any atom is -0.474 e. The van der Waals surface area contributed by atoms with Gasteiger partial charge in [0.1, 0.15) is 0 Å². The minimum absolute atomic E-state index is 1.31. The number of rotatable bonds is 2. The highest BCUT2D eigenvalue weighted by Crippen LogP contribution is 1.98. The van der Waals surface area contributed by atoms with Crippen LogP contribution in [-0.4, -0.2) is 9.79 Å². The molecule has 0 aliphatic rings. The van der Waals surface area contributed by atoms with Crippen LogP contribution in [0.1, 0.15) is 0 Å². The van der Waals surface area contributed by atoms with E-state index >= 15 is 0 Å². The van der Waals surface area contributed by atoms with Crippen molar-refractivity contribution in [2.45, 2.75) is 0 Å². The molecule has 0 bridgehead atoms. The molecule has 0 fully saturated rings. The topological polar surface area (TPSA) is 66.8 Å². The van der Waals surface area contributed by atoms with Crippen LogP contribution in [0.2, 0.25) is 0 Å². The smallest absolute Gasteiger partial charge is 0.314 e. The highest BCUT2D eigenvalue weighted by Gasteiger charge is 1.61. The molecule has 0 rings (SSSR count). The predicted molar refractivity (Wildman–Crippen MR) is 34.9 cm³/mol. The molecule has 0 heterocycles. The summed E-state index contributed by atoms with van der Waals surface area (Å²) in [5.74, 6) is 0. The minimum atomic E-state index is -3.13. The number of ether oxygens (including phenoxy) is 1. The van der Waals surface area contributed by atoms with Gasteiger partial charge in [0, 0.05) is 0 Å². The van der Waals surface area contributed by atoms with Gasteiger partial charge in [-0.3, -0.25) is 4.57 Å². The Balaban J connectivity index is 0. The molecule has 0 aromatic carbocycles. The Morgan fingerprint density at radius 3 is 1.56 bits per heavy atom. The lowest BCUT2D eigenvalue weighted by Gasteiger charge is -1.76. The van der Waals surface area contributed by atoms with E-state index in [1.165, 1.54) is 12.5 Å². The molecule has 0 atom stereocenters. The van der Waals surface area contributed by atoms with Gasteiger partial charge in [0.2, 0.25) is 0 Å². The second-order valence-corrected chi connectivity index (χ2v) is 1.32. The molecule has 2 N–H and O–H groups in total. The summed E-state index contributed by atoms with van der Waals surface area (Å²) < 4.78 is 13.1. The first kappa shape index (κ1) is 11.3. The summed E-state index contributed by atoms with van der Waals surface area (Å²) in [4.78, 5) is 14.3. The van der Waals surface area contributed by atoms with Crippen LogP contribution < -0.4 is 0 Å². The van der Waals surface area contributed by atoms with Crippen molar-refractivity contribution in [2.24, 2.45) is 0 Å². The van der Waals surface area contributed by atoms with Crippen LogP contribution in [0.5, 0.6) is 0 Å². The summed E-state index contributed by atoms with van der Waals surface area (Å²) in [5.41, 5.74) is 0. The van der Waals surface area contributed by atoms with Gasteiger partial charge in [-0.1, -0.05) is 13.2 Å². The first-order valence-electron chi connectivity index (χ1n) is 1.94. The van der Waals surface area contributed by atoms with Crippen LogP contribution in [0, 0.1) is 0 Å². The van der Waals surface area contributed by atoms with E-state index in [-0.39, 0.29) is 0 Å². The van der Waals surface area contributed by atoms with Crippen molar-refractivity contribution < 1.29 is 19.1 Å². The molecule has 0 unspecified atom stereocenters. The molecule has 0 saturated heterocycles. The van der Waals surface area contributed by atoms with Crippen molar-refractivity contribution in [1.29, 1.82) is 0 Å². The van der Waals surface area contributed by atoms with Gasteiger partial charge in [-0.05, 0) is 0 Å². The van der Waals surface area contributed by atoms with Gasteiger partial charge in [0.05, 0.1) is 12.5 Å². The first-order chi connectivity index (χ1) is 4.15. The molecule has 4 nitrogen and oxygen atoms in total. The lowest BCUT2D eigenvalue weighted by Crippen LogP contribution is -1.52. The fourth-order valence-corrected chi connectivity index (χ4v) is 0.0680. The summed E-state index contributed by atoms with van der Waals surface area (Å²) in [7, 11) is -3.13. The third kappa shape index (κ3) is 107. The maximum atomic E-state index is 8.74. The molecule has 5 heteroatoms. The summed E-state index contributed by atoms with van der Waals surface area (Å²) in [5, 5.41) is 0. The van der Waals surface area contributed by atoms with Crippen molar-refractivity contribution in [1.82, 2.24) is 0 Å². The summed E-state index contributed by atoms with van der Waals surface area (Å²) in [6.07, 6.45) is 2.62. The van der Waals surface area contributed by atoms with E-state index in [2.05, 4.69) is 17.9 Å². The predicted octanol–water partition coefficient (Wildman–Crippen LogP) is 0.651. The molecule has 9 heavy (non-hydrogen) atoms. The van der Waals surface area contributed by atoms with Crippen molar-refractivity contribution in [3.63, 3.8) is 0 Å². The Kier molecular flexibility index (Phi) is 13.0. The van der Waals surface area contributed by atoms with Gasteiger partial charge >= 0.3 is 8.25 Å². The van der Waals surface area contributed by atoms with Gasteiger partial charge in [0.15, 0.2) is 0 Å². The van der Waals surface area contributed by atoms with E-state index in [4.69, 9.17) is 14.4 Å². The monoisotopic (exact) mass is 152 g/mol. The van der Waals surface area contributed by atoms with E-state index in [0.717, 1.165) is 0 Å². The number of hydrogen-bond donors (Lipinski definition) is 2. The Hall–Kier alpha value is -0.570. The van der Waals surface area contributed by atoms with Crippen molar-refractivity contribution in [2.75, 3.05) is 0 Å². The second kappa shape index (κ2) is 10.4. The summed E-state index contributed by atoms with van der Waals surface area (Å²) in [6, 6.07) is 0. The van der Waals surface area contributed by atoms with Gasteiger partial charge in [-0.15, -0.1) is 0 Å². The summed E-state index contributed by atoms with van der Waals surface area (Å²) >= 11 is 0. The standard InChI is InChI=1S/C4H6O.H3O3P/c1-3-5-4-2;1-4(2)3/h3-4H,1-2H2;4H,(H2,1,2,3). The number of hydrogen-bond acceptors (Lipinski definition) is 2. The lowest BCUT2D eigenvalue weighted by atomic mass is 11.1. The van der Waals surface area contributed by atoms with E-state index < -0.39 is 8.25 Å². The third-order valence-corrected chi connectivity index (χ3v) is 0.192. The Morgan fingerprint density at radius 1 is 1.33 bits per heavy atom. The molecule has 0 saturated carbocycles. The molecular weight excluding hydrogens is 143 g/mol. The zero-order chi connectivity index (χ0) is 7.70. The van der Waals surface area contributed by atoms with E-state index in [1.807, 2.05) is 0 Å². The van der Waals surface area contributed by atoms with Crippen LogP contribution in [0.15, 0.2) is 25.7 Å². The zero-order valence-electron chi connectivity index (χ0n) is 4.78. The molecular formula is C4H9O4P. The SMILES string of the molecule is C=COC=C.O=[PH](O)O. The molecule has 0 aliphatic heterocycles. The van der Waals surface area contributed by atoms with Gasteiger partial charge in [0.25, 0.3) is 0 Å². The average molecular weight is 152 g/mol. The van der Waals surface area contributed by atoms with Crippen LogP contribution in [0.25, 0.3) is 0 Å². The molecule has 0 radical (unpaired) electrons. The Labute approximate surface area is 54.0 Å². The molecule has 0 aromatic rings. The highest BCUT2D eigenvalue weighted by atomic mass is 31.1. The lowest BCUT2D eigenvalue weighted by molar-refractivity contribution is 0.405. The van der Waals surface area contributed by atoms with Crippen LogP contribution in [0.4, 0.5) is 0 Å². The van der Waals surface area contributed by atoms with Gasteiger partial charge < -0.3 is 14.5 Å². The van der Waals surface area contributed by atoms with Crippen molar-refractivity contribution in [3.05, 3.63) is 25.7 Å². The third-order valence-electron chi connectivity index (χ3n) is 0.192. The maximum Gasteiger partial charge on any atom is 0.314 e. The maximum absolute atomic E-state index is 8.74. The quantitative estimate of drug-likeness (QED) is 0.450. The van der Waals surface area contributed by atoms with Crippen molar-refractivity contribution in [3.8, 4) is 0 Å². The van der Waals surface area contributed by atoms with Crippen LogP contribution in [-0.2, 0) is 9.30 Å². The van der Waals surface area contributed by atoms with E-state index in [0.29, 0.717) is 0 Å². The fraction of sp³-hybridized carbons (Fsp3) is 0. The largest absolute Gasteiger partial charge is 0.474 e. The fourth-order valence-electron chi connectivity index (χ4n) is 0.0680. The Bertz CT molecular complexity index is 90.7. The average Bonchev–Trinajstić information content (AvgIpc) is 1.66. The van der Waals surface area contributed by atoms with E-state index in [1.54, 1.807) is 0 Å². The van der Waals surface area contributed by atoms with Gasteiger partial charge in [-0.25, -0.2) is 0 Å². The van der Waals surface area contributed by atoms with Gasteiger partial charge in [-0.2, -0.15) is 0 Å². The highest BCUT2D eigenvalue weighted by molar-refractivity contribution is 7.30. The molecule has 0 spiro atoms. The molecule has 54 valence electrons. The summed E-state index contributed by atoms with van der Waals surface area (Å²) in [6.45, 7) is 6.51. The molecule has 0 aromatic heterocycles. The molecule has 0 amide bonds. The normalized spacial score (nSPS) is 7.00.